The maximum Gasteiger partial charge on any atom is 0.235 e. The number of pyridine rings is 1. The first-order chi connectivity index (χ1) is 12.4. The van der Waals surface area contributed by atoms with Crippen molar-refractivity contribution in [3.63, 3.8) is 0 Å². The fourth-order valence-corrected chi connectivity index (χ4v) is 2.49. The Balaban J connectivity index is 2.17. The summed E-state index contributed by atoms with van der Waals surface area (Å²) in [4.78, 5) is 17.4. The summed E-state index contributed by atoms with van der Waals surface area (Å²) in [6.07, 6.45) is 2.48. The lowest BCUT2D eigenvalue weighted by atomic mass is 10.2. The molecule has 0 aliphatic rings. The van der Waals surface area contributed by atoms with Gasteiger partial charge in [-0.25, -0.2) is 13.2 Å². The maximum absolute atomic E-state index is 14.1. The number of benzene rings is 1. The minimum Gasteiger partial charge on any atom is -0.368 e. The highest BCUT2D eigenvalue weighted by Gasteiger charge is 2.21. The molecule has 0 aliphatic heterocycles. The van der Waals surface area contributed by atoms with Crippen LogP contribution in [0.2, 0.25) is 0 Å². The quantitative estimate of drug-likeness (QED) is 0.767. The van der Waals surface area contributed by atoms with Crippen molar-refractivity contribution >= 4 is 17.6 Å². The van der Waals surface area contributed by atoms with Gasteiger partial charge in [0.05, 0.1) is 23.6 Å². The number of aromatic nitrogens is 4. The van der Waals surface area contributed by atoms with Crippen LogP contribution in [0.15, 0.2) is 36.7 Å². The van der Waals surface area contributed by atoms with Crippen LogP contribution in [0, 0.1) is 17.5 Å². The van der Waals surface area contributed by atoms with E-state index >= 15 is 0 Å². The summed E-state index contributed by atoms with van der Waals surface area (Å²) in [7, 11) is 0. The number of hydrogen-bond acceptors (Lipinski definition) is 6. The molecule has 1 aromatic carbocycles. The van der Waals surface area contributed by atoms with Gasteiger partial charge < -0.3 is 10.6 Å². The lowest BCUT2D eigenvalue weighted by molar-refractivity contribution is 0.587. The van der Waals surface area contributed by atoms with Crippen LogP contribution in [-0.4, -0.2) is 26.0 Å². The second-order valence-electron chi connectivity index (χ2n) is 5.74. The van der Waals surface area contributed by atoms with Crippen LogP contribution < -0.4 is 10.6 Å². The molecule has 0 unspecified atom stereocenters. The van der Waals surface area contributed by atoms with Crippen LogP contribution in [0.3, 0.4) is 0 Å². The molecule has 6 nitrogen and oxygen atoms in total. The van der Waals surface area contributed by atoms with Gasteiger partial charge in [-0.3, -0.25) is 4.98 Å². The molecule has 26 heavy (non-hydrogen) atoms. The number of nitrogens with zero attached hydrogens (tertiary/aromatic N) is 5. The molecular weight excluding hydrogens is 345 g/mol. The van der Waals surface area contributed by atoms with Crippen molar-refractivity contribution in [2.75, 3.05) is 10.6 Å². The van der Waals surface area contributed by atoms with E-state index in [1.807, 2.05) is 13.8 Å². The smallest absolute Gasteiger partial charge is 0.235 e. The SMILES string of the molecule is CC(C)N(c1cncc(F)c1)c1nc(N)nc(-c2c(F)cccc2F)n1. The Hall–Kier alpha value is -3.23. The Labute approximate surface area is 147 Å². The lowest BCUT2D eigenvalue weighted by Gasteiger charge is -2.26. The molecule has 0 atom stereocenters. The first-order valence-electron chi connectivity index (χ1n) is 7.72. The standard InChI is InChI=1S/C17H15F3N6/c1-9(2)26(11-6-10(18)7-22-8-11)17-24-15(23-16(21)25-17)14-12(19)4-3-5-13(14)20/h3-9H,1-2H3,(H2,21,23,24,25). The summed E-state index contributed by atoms with van der Waals surface area (Å²) in [5.41, 5.74) is 5.67. The Bertz CT molecular complexity index is 927. The number of nitrogen functional groups attached to an aromatic ring is 1. The Morgan fingerprint density at radius 2 is 1.69 bits per heavy atom. The van der Waals surface area contributed by atoms with E-state index in [0.29, 0.717) is 5.69 Å². The van der Waals surface area contributed by atoms with Gasteiger partial charge in [0.25, 0.3) is 0 Å². The molecule has 134 valence electrons. The van der Waals surface area contributed by atoms with E-state index in [1.165, 1.54) is 23.2 Å². The van der Waals surface area contributed by atoms with E-state index in [2.05, 4.69) is 19.9 Å². The maximum atomic E-state index is 14.1. The van der Waals surface area contributed by atoms with Gasteiger partial charge in [-0.1, -0.05) is 6.07 Å². The molecule has 2 aromatic heterocycles. The number of rotatable bonds is 4. The molecule has 9 heteroatoms. The molecular formula is C17H15F3N6. The second-order valence-corrected chi connectivity index (χ2v) is 5.74. The van der Waals surface area contributed by atoms with Gasteiger partial charge in [0.2, 0.25) is 11.9 Å². The van der Waals surface area contributed by atoms with Crippen LogP contribution in [0.25, 0.3) is 11.4 Å². The van der Waals surface area contributed by atoms with Gasteiger partial charge >= 0.3 is 0 Å². The van der Waals surface area contributed by atoms with E-state index in [1.54, 1.807) is 0 Å². The van der Waals surface area contributed by atoms with Gasteiger partial charge in [0.15, 0.2) is 5.82 Å². The molecule has 2 N–H and O–H groups in total. The zero-order chi connectivity index (χ0) is 18.8. The minimum absolute atomic E-state index is 0.0255. The molecule has 0 radical (unpaired) electrons. The van der Waals surface area contributed by atoms with E-state index in [-0.39, 0.29) is 23.8 Å². The van der Waals surface area contributed by atoms with Crippen molar-refractivity contribution in [1.29, 1.82) is 0 Å². The van der Waals surface area contributed by atoms with Crippen molar-refractivity contribution in [2.24, 2.45) is 0 Å². The first-order valence-corrected chi connectivity index (χ1v) is 7.72. The highest BCUT2D eigenvalue weighted by atomic mass is 19.1. The molecule has 0 amide bonds. The van der Waals surface area contributed by atoms with Crippen LogP contribution >= 0.6 is 0 Å². The van der Waals surface area contributed by atoms with Crippen LogP contribution in [-0.2, 0) is 0 Å². The van der Waals surface area contributed by atoms with Crippen molar-refractivity contribution in [3.8, 4) is 11.4 Å². The molecule has 0 bridgehead atoms. The van der Waals surface area contributed by atoms with Crippen LogP contribution in [0.4, 0.5) is 30.8 Å². The van der Waals surface area contributed by atoms with Crippen molar-refractivity contribution in [3.05, 3.63) is 54.1 Å². The summed E-state index contributed by atoms with van der Waals surface area (Å²) in [5.74, 6) is -2.65. The van der Waals surface area contributed by atoms with Crippen molar-refractivity contribution in [1.82, 2.24) is 19.9 Å². The van der Waals surface area contributed by atoms with Crippen LogP contribution in [0.5, 0.6) is 0 Å². The monoisotopic (exact) mass is 360 g/mol. The number of nitrogens with two attached hydrogens (primary N) is 1. The van der Waals surface area contributed by atoms with Gasteiger partial charge in [-0.2, -0.15) is 15.0 Å². The predicted molar refractivity (Wildman–Crippen MR) is 91.1 cm³/mol. The molecule has 0 saturated heterocycles. The Morgan fingerprint density at radius 3 is 2.31 bits per heavy atom. The second kappa shape index (κ2) is 6.95. The molecule has 2 heterocycles. The number of halogens is 3. The largest absolute Gasteiger partial charge is 0.368 e. The summed E-state index contributed by atoms with van der Waals surface area (Å²) >= 11 is 0. The highest BCUT2D eigenvalue weighted by molar-refractivity contribution is 5.63. The molecule has 0 fully saturated rings. The summed E-state index contributed by atoms with van der Waals surface area (Å²) in [6.45, 7) is 3.63. The fourth-order valence-electron chi connectivity index (χ4n) is 2.49. The number of anilines is 3. The Kier molecular flexibility index (Phi) is 4.70. The van der Waals surface area contributed by atoms with E-state index in [0.717, 1.165) is 18.3 Å². The highest BCUT2D eigenvalue weighted by Crippen LogP contribution is 2.29. The Morgan fingerprint density at radius 1 is 1.00 bits per heavy atom. The molecule has 0 saturated carbocycles. The summed E-state index contributed by atoms with van der Waals surface area (Å²) in [5, 5.41) is 0. The van der Waals surface area contributed by atoms with Gasteiger partial charge in [0, 0.05) is 12.1 Å². The zero-order valence-electron chi connectivity index (χ0n) is 14.0. The zero-order valence-corrected chi connectivity index (χ0v) is 14.0. The van der Waals surface area contributed by atoms with Gasteiger partial charge in [-0.15, -0.1) is 0 Å². The summed E-state index contributed by atoms with van der Waals surface area (Å²) in [6, 6.07) is 4.44. The van der Waals surface area contributed by atoms with Crippen molar-refractivity contribution in [2.45, 2.75) is 19.9 Å². The molecule has 0 spiro atoms. The fraction of sp³-hybridized carbons (Fsp3) is 0.176. The van der Waals surface area contributed by atoms with E-state index < -0.39 is 23.0 Å². The first kappa shape index (κ1) is 17.6. The third-order valence-electron chi connectivity index (χ3n) is 3.53. The molecule has 3 aromatic rings. The van der Waals surface area contributed by atoms with Gasteiger partial charge in [-0.05, 0) is 26.0 Å². The lowest BCUT2D eigenvalue weighted by Crippen LogP contribution is -2.28. The van der Waals surface area contributed by atoms with E-state index in [9.17, 15) is 13.2 Å². The van der Waals surface area contributed by atoms with E-state index in [4.69, 9.17) is 5.73 Å². The van der Waals surface area contributed by atoms with Crippen molar-refractivity contribution < 1.29 is 13.2 Å². The van der Waals surface area contributed by atoms with Gasteiger partial charge in [0.1, 0.15) is 17.5 Å². The third-order valence-corrected chi connectivity index (χ3v) is 3.53. The topological polar surface area (TPSA) is 80.8 Å². The number of hydrogen-bond donors (Lipinski definition) is 1. The third kappa shape index (κ3) is 3.41. The molecule has 0 aliphatic carbocycles. The average Bonchev–Trinajstić information content (AvgIpc) is 2.54. The average molecular weight is 360 g/mol. The predicted octanol–water partition coefficient (Wildman–Crippen LogP) is 3.48. The minimum atomic E-state index is -0.829. The molecule has 3 rings (SSSR count). The summed E-state index contributed by atoms with van der Waals surface area (Å²) < 4.78 is 41.7. The van der Waals surface area contributed by atoms with Crippen LogP contribution in [0.1, 0.15) is 13.8 Å². The normalized spacial score (nSPS) is 11.0.